The lowest BCUT2D eigenvalue weighted by atomic mass is 9.85. The van der Waals surface area contributed by atoms with Crippen LogP contribution in [0, 0.1) is 5.41 Å². The van der Waals surface area contributed by atoms with Crippen molar-refractivity contribution in [2.45, 2.75) is 19.9 Å². The molecule has 1 aliphatic rings. The molecule has 18 heavy (non-hydrogen) atoms. The molecule has 0 saturated carbocycles. The summed E-state index contributed by atoms with van der Waals surface area (Å²) < 4.78 is 30.2. The van der Waals surface area contributed by atoms with Crippen molar-refractivity contribution in [2.75, 3.05) is 32.1 Å². The van der Waals surface area contributed by atoms with Gasteiger partial charge in [-0.3, -0.25) is 4.79 Å². The van der Waals surface area contributed by atoms with Gasteiger partial charge < -0.3 is 15.8 Å². The van der Waals surface area contributed by atoms with Crippen LogP contribution in [-0.4, -0.2) is 52.4 Å². The molecule has 1 amide bonds. The molecule has 2 unspecified atom stereocenters. The lowest BCUT2D eigenvalue weighted by molar-refractivity contribution is -0.130. The molecule has 1 aliphatic heterocycles. The summed E-state index contributed by atoms with van der Waals surface area (Å²) in [6.07, 6.45) is 0. The molecule has 1 fully saturated rings. The third-order valence-electron chi connectivity index (χ3n) is 3.06. The highest BCUT2D eigenvalue weighted by Crippen LogP contribution is 2.26. The fraction of sp³-hybridized carbons (Fsp3) is 0.900. The van der Waals surface area contributed by atoms with Gasteiger partial charge in [0.25, 0.3) is 0 Å². The molecule has 1 heterocycles. The molecule has 1 saturated heterocycles. The fourth-order valence-electron chi connectivity index (χ4n) is 1.72. The Morgan fingerprint density at radius 1 is 1.56 bits per heavy atom. The molecule has 1 rings (SSSR count). The van der Waals surface area contributed by atoms with E-state index in [1.165, 1.54) is 0 Å². The van der Waals surface area contributed by atoms with Crippen LogP contribution in [0.3, 0.4) is 0 Å². The average Bonchev–Trinajstić information content (AvgIpc) is 2.60. The minimum atomic E-state index is -3.31. The molecule has 0 aromatic heterocycles. The lowest BCUT2D eigenvalue weighted by Crippen LogP contribution is -2.50. The minimum absolute atomic E-state index is 0.0659. The van der Waals surface area contributed by atoms with E-state index in [9.17, 15) is 13.2 Å². The van der Waals surface area contributed by atoms with E-state index in [0.29, 0.717) is 13.2 Å². The zero-order valence-corrected chi connectivity index (χ0v) is 11.5. The monoisotopic (exact) mass is 279 g/mol. The Balaban J connectivity index is 2.43. The van der Waals surface area contributed by atoms with Crippen molar-refractivity contribution in [3.63, 3.8) is 0 Å². The van der Waals surface area contributed by atoms with Gasteiger partial charge in [-0.15, -0.1) is 0 Å². The molecule has 0 aromatic rings. The van der Waals surface area contributed by atoms with Crippen LogP contribution in [0.15, 0.2) is 0 Å². The first-order valence-corrected chi connectivity index (χ1v) is 7.56. The number of amides is 1. The maximum Gasteiger partial charge on any atom is 0.229 e. The van der Waals surface area contributed by atoms with Crippen LogP contribution in [0.4, 0.5) is 0 Å². The summed E-state index contributed by atoms with van der Waals surface area (Å²) in [6.45, 7) is 4.44. The van der Waals surface area contributed by atoms with Gasteiger partial charge in [0.1, 0.15) is 0 Å². The zero-order valence-electron chi connectivity index (χ0n) is 10.7. The van der Waals surface area contributed by atoms with E-state index in [4.69, 9.17) is 10.5 Å². The molecule has 7 nitrogen and oxygen atoms in total. The van der Waals surface area contributed by atoms with Gasteiger partial charge >= 0.3 is 0 Å². The number of carbonyl (C=O) groups excluding carboxylic acids is 1. The van der Waals surface area contributed by atoms with E-state index in [-0.39, 0.29) is 30.9 Å². The summed E-state index contributed by atoms with van der Waals surface area (Å²) >= 11 is 0. The quantitative estimate of drug-likeness (QED) is 0.542. The number of ether oxygens (including phenoxy) is 1. The highest BCUT2D eigenvalue weighted by atomic mass is 32.2. The largest absolute Gasteiger partial charge is 0.379 e. The summed E-state index contributed by atoms with van der Waals surface area (Å²) in [5.74, 6) is -0.405. The SMILES string of the molecule is CCNS(=O)(=O)CCNC(=O)C1(C)COCC1N. The van der Waals surface area contributed by atoms with Gasteiger partial charge in [-0.25, -0.2) is 13.1 Å². The van der Waals surface area contributed by atoms with E-state index >= 15 is 0 Å². The van der Waals surface area contributed by atoms with E-state index in [1.807, 2.05) is 0 Å². The van der Waals surface area contributed by atoms with Crippen LogP contribution >= 0.6 is 0 Å². The molecule has 2 atom stereocenters. The Hall–Kier alpha value is -0.700. The third kappa shape index (κ3) is 3.64. The van der Waals surface area contributed by atoms with Crippen molar-refractivity contribution >= 4 is 15.9 Å². The number of sulfonamides is 1. The Morgan fingerprint density at radius 2 is 2.22 bits per heavy atom. The molecule has 8 heteroatoms. The number of hydrogen-bond donors (Lipinski definition) is 3. The summed E-state index contributed by atoms with van der Waals surface area (Å²) in [6, 6.07) is -0.358. The van der Waals surface area contributed by atoms with Gasteiger partial charge in [-0.1, -0.05) is 6.92 Å². The van der Waals surface area contributed by atoms with E-state index in [2.05, 4.69) is 10.0 Å². The number of carbonyl (C=O) groups is 1. The van der Waals surface area contributed by atoms with Crippen LogP contribution in [0.2, 0.25) is 0 Å². The van der Waals surface area contributed by atoms with Gasteiger partial charge in [-0.05, 0) is 6.92 Å². The summed E-state index contributed by atoms with van der Waals surface area (Å²) in [7, 11) is -3.31. The molecule has 0 aromatic carbocycles. The first-order valence-electron chi connectivity index (χ1n) is 5.91. The minimum Gasteiger partial charge on any atom is -0.379 e. The lowest BCUT2D eigenvalue weighted by Gasteiger charge is -2.25. The fourth-order valence-corrected chi connectivity index (χ4v) is 2.67. The van der Waals surface area contributed by atoms with Crippen LogP contribution in [-0.2, 0) is 19.6 Å². The predicted molar refractivity (Wildman–Crippen MR) is 67.4 cm³/mol. The highest BCUT2D eigenvalue weighted by Gasteiger charge is 2.44. The van der Waals surface area contributed by atoms with Gasteiger partial charge in [0.15, 0.2) is 0 Å². The Morgan fingerprint density at radius 3 is 2.72 bits per heavy atom. The summed E-state index contributed by atoms with van der Waals surface area (Å²) in [5, 5.41) is 2.59. The van der Waals surface area contributed by atoms with Crippen molar-refractivity contribution in [1.82, 2.24) is 10.0 Å². The van der Waals surface area contributed by atoms with E-state index in [1.54, 1.807) is 13.8 Å². The van der Waals surface area contributed by atoms with Crippen LogP contribution in [0.1, 0.15) is 13.8 Å². The Bertz CT molecular complexity index is 398. The van der Waals surface area contributed by atoms with Crippen molar-refractivity contribution in [3.05, 3.63) is 0 Å². The molecular formula is C10H21N3O4S. The zero-order chi connectivity index (χ0) is 13.8. The maximum atomic E-state index is 11.9. The molecule has 0 aliphatic carbocycles. The van der Waals surface area contributed by atoms with Crippen LogP contribution in [0.25, 0.3) is 0 Å². The second kappa shape index (κ2) is 5.96. The summed E-state index contributed by atoms with van der Waals surface area (Å²) in [4.78, 5) is 11.9. The first kappa shape index (κ1) is 15.4. The standard InChI is InChI=1S/C10H21N3O4S/c1-3-13-18(15,16)5-4-12-9(14)10(2)7-17-6-8(10)11/h8,13H,3-7,11H2,1-2H3,(H,12,14). The smallest absolute Gasteiger partial charge is 0.229 e. The molecule has 0 radical (unpaired) electrons. The molecule has 4 N–H and O–H groups in total. The highest BCUT2D eigenvalue weighted by molar-refractivity contribution is 7.89. The predicted octanol–water partition coefficient (Wildman–Crippen LogP) is -1.59. The van der Waals surface area contributed by atoms with Gasteiger partial charge in [-0.2, -0.15) is 0 Å². The van der Waals surface area contributed by atoms with E-state index in [0.717, 1.165) is 0 Å². The van der Waals surface area contributed by atoms with Gasteiger partial charge in [0.05, 0.1) is 24.4 Å². The van der Waals surface area contributed by atoms with Crippen molar-refractivity contribution in [3.8, 4) is 0 Å². The number of nitrogens with two attached hydrogens (primary N) is 1. The second-order valence-corrected chi connectivity index (χ2v) is 6.54. The second-order valence-electron chi connectivity index (χ2n) is 4.61. The number of hydrogen-bond acceptors (Lipinski definition) is 5. The number of nitrogens with one attached hydrogen (secondary N) is 2. The Labute approximate surface area is 107 Å². The number of rotatable bonds is 6. The Kier molecular flexibility index (Phi) is 5.09. The van der Waals surface area contributed by atoms with Crippen molar-refractivity contribution < 1.29 is 17.9 Å². The molecule has 106 valence electrons. The van der Waals surface area contributed by atoms with Crippen LogP contribution < -0.4 is 15.8 Å². The topological polar surface area (TPSA) is 111 Å². The maximum absolute atomic E-state index is 11.9. The average molecular weight is 279 g/mol. The van der Waals surface area contributed by atoms with Gasteiger partial charge in [0.2, 0.25) is 15.9 Å². The van der Waals surface area contributed by atoms with Crippen molar-refractivity contribution in [2.24, 2.45) is 11.1 Å². The molecule has 0 bridgehead atoms. The van der Waals surface area contributed by atoms with E-state index < -0.39 is 15.4 Å². The van der Waals surface area contributed by atoms with Crippen LogP contribution in [0.5, 0.6) is 0 Å². The molecule has 0 spiro atoms. The first-order chi connectivity index (χ1) is 8.32. The van der Waals surface area contributed by atoms with Gasteiger partial charge in [0, 0.05) is 19.1 Å². The molecular weight excluding hydrogens is 258 g/mol. The van der Waals surface area contributed by atoms with Crippen molar-refractivity contribution in [1.29, 1.82) is 0 Å². The summed E-state index contributed by atoms with van der Waals surface area (Å²) in [5.41, 5.74) is 5.03. The third-order valence-corrected chi connectivity index (χ3v) is 4.53. The normalized spacial score (nSPS) is 28.3.